The van der Waals surface area contributed by atoms with Gasteiger partial charge in [-0.1, -0.05) is 42.1 Å². The first-order chi connectivity index (χ1) is 17.0. The highest BCUT2D eigenvalue weighted by molar-refractivity contribution is 8.16. The van der Waals surface area contributed by atoms with Gasteiger partial charge in [0.15, 0.2) is 5.04 Å². The number of hydrogen-bond acceptors (Lipinski definition) is 4. The predicted molar refractivity (Wildman–Crippen MR) is 133 cm³/mol. The third-order valence-electron chi connectivity index (χ3n) is 5.59. The Balaban J connectivity index is 1.39. The average molecular weight is 491 g/mol. The van der Waals surface area contributed by atoms with Crippen molar-refractivity contribution < 1.29 is 18.4 Å². The number of nitrogens with one attached hydrogen (secondary N) is 1. The first kappa shape index (κ1) is 22.8. The van der Waals surface area contributed by atoms with Crippen molar-refractivity contribution in [1.29, 1.82) is 0 Å². The Labute approximate surface area is 204 Å². The molecule has 176 valence electrons. The molecule has 9 heteroatoms. The minimum atomic E-state index is -0.460. The van der Waals surface area contributed by atoms with Gasteiger partial charge in [-0.3, -0.25) is 9.59 Å². The molecule has 2 amide bonds. The van der Waals surface area contributed by atoms with E-state index in [4.69, 9.17) is 0 Å². The number of rotatable bonds is 6. The van der Waals surface area contributed by atoms with Crippen LogP contribution in [0.1, 0.15) is 11.1 Å². The van der Waals surface area contributed by atoms with E-state index in [-0.39, 0.29) is 29.1 Å². The van der Waals surface area contributed by atoms with Crippen LogP contribution in [-0.4, -0.2) is 32.2 Å². The molecule has 0 spiro atoms. The number of aromatic nitrogens is 1. The SMILES string of the molecule is O=C(Nc1ccc(F)cc1)C1=NN(Cc2cn(Cc3ccc(F)cc3)c3ccccc23)C(=O)CS1. The zero-order chi connectivity index (χ0) is 24.4. The van der Waals surface area contributed by atoms with Crippen molar-refractivity contribution in [2.45, 2.75) is 13.1 Å². The Hall–Kier alpha value is -3.98. The van der Waals surface area contributed by atoms with Gasteiger partial charge >= 0.3 is 0 Å². The molecule has 2 heterocycles. The van der Waals surface area contributed by atoms with Crippen molar-refractivity contribution in [2.24, 2.45) is 5.10 Å². The molecule has 3 aromatic carbocycles. The maximum Gasteiger partial charge on any atom is 0.282 e. The Morgan fingerprint density at radius 1 is 0.943 bits per heavy atom. The predicted octanol–water partition coefficient (Wildman–Crippen LogP) is 5.00. The monoisotopic (exact) mass is 490 g/mol. The van der Waals surface area contributed by atoms with Crippen molar-refractivity contribution >= 4 is 45.2 Å². The second-order valence-electron chi connectivity index (χ2n) is 8.03. The van der Waals surface area contributed by atoms with E-state index in [9.17, 15) is 18.4 Å². The summed E-state index contributed by atoms with van der Waals surface area (Å²) in [5.74, 6) is -1.26. The molecule has 0 saturated carbocycles. The lowest BCUT2D eigenvalue weighted by Gasteiger charge is -2.22. The normalized spacial score (nSPS) is 13.7. The summed E-state index contributed by atoms with van der Waals surface area (Å²) in [6.45, 7) is 0.739. The van der Waals surface area contributed by atoms with Crippen LogP contribution in [0.2, 0.25) is 0 Å². The molecule has 35 heavy (non-hydrogen) atoms. The number of anilines is 1. The van der Waals surface area contributed by atoms with Crippen LogP contribution in [0.15, 0.2) is 84.1 Å². The molecule has 0 unspecified atom stereocenters. The van der Waals surface area contributed by atoms with Crippen molar-refractivity contribution in [2.75, 3.05) is 11.1 Å². The number of thioether (sulfide) groups is 1. The quantitative estimate of drug-likeness (QED) is 0.414. The van der Waals surface area contributed by atoms with Gasteiger partial charge in [-0.2, -0.15) is 5.10 Å². The Bertz CT molecular complexity index is 1430. The van der Waals surface area contributed by atoms with Gasteiger partial charge < -0.3 is 9.88 Å². The molecule has 6 nitrogen and oxygen atoms in total. The number of carbonyl (C=O) groups is 2. The minimum absolute atomic E-state index is 0.0872. The summed E-state index contributed by atoms with van der Waals surface area (Å²) in [5, 5.41) is 9.41. The summed E-state index contributed by atoms with van der Waals surface area (Å²) in [7, 11) is 0. The molecule has 4 aromatic rings. The van der Waals surface area contributed by atoms with Gasteiger partial charge in [0.05, 0.1) is 12.3 Å². The highest BCUT2D eigenvalue weighted by atomic mass is 32.2. The summed E-state index contributed by atoms with van der Waals surface area (Å²) >= 11 is 1.06. The number of para-hydroxylation sites is 1. The van der Waals surface area contributed by atoms with E-state index in [2.05, 4.69) is 10.4 Å². The van der Waals surface area contributed by atoms with E-state index in [0.29, 0.717) is 12.2 Å². The van der Waals surface area contributed by atoms with E-state index in [0.717, 1.165) is 33.8 Å². The van der Waals surface area contributed by atoms with Crippen LogP contribution in [0.5, 0.6) is 0 Å². The molecule has 0 fully saturated rings. The molecular weight excluding hydrogens is 470 g/mol. The standard InChI is InChI=1S/C26H20F2N4O2S/c27-19-7-5-17(6-8-19)13-31-14-18(22-3-1-2-4-23(22)31)15-32-24(33)16-35-26(30-32)25(34)29-21-11-9-20(28)10-12-21/h1-12,14H,13,15-16H2,(H,29,34). The van der Waals surface area contributed by atoms with Crippen LogP contribution in [0.25, 0.3) is 10.9 Å². The van der Waals surface area contributed by atoms with Crippen LogP contribution >= 0.6 is 11.8 Å². The Kier molecular flexibility index (Phi) is 6.33. The lowest BCUT2D eigenvalue weighted by atomic mass is 10.2. The van der Waals surface area contributed by atoms with Gasteiger partial charge in [-0.15, -0.1) is 0 Å². The van der Waals surface area contributed by atoms with Gasteiger partial charge in [-0.25, -0.2) is 13.8 Å². The van der Waals surface area contributed by atoms with Crippen LogP contribution in [0.3, 0.4) is 0 Å². The van der Waals surface area contributed by atoms with Crippen LogP contribution in [0.4, 0.5) is 14.5 Å². The van der Waals surface area contributed by atoms with Crippen LogP contribution in [0, 0.1) is 11.6 Å². The molecule has 0 atom stereocenters. The van der Waals surface area contributed by atoms with Crippen molar-refractivity contribution in [3.63, 3.8) is 0 Å². The van der Waals surface area contributed by atoms with Crippen LogP contribution < -0.4 is 5.32 Å². The Morgan fingerprint density at radius 2 is 1.63 bits per heavy atom. The molecule has 1 aliphatic rings. The van der Waals surface area contributed by atoms with E-state index in [1.54, 1.807) is 12.1 Å². The number of benzene rings is 3. The third kappa shape index (κ3) is 5.09. The first-order valence-corrected chi connectivity index (χ1v) is 11.8. The topological polar surface area (TPSA) is 66.7 Å². The van der Waals surface area contributed by atoms with Gasteiger partial charge in [0, 0.05) is 29.3 Å². The van der Waals surface area contributed by atoms with E-state index in [1.807, 2.05) is 35.0 Å². The third-order valence-corrected chi connectivity index (χ3v) is 6.52. The number of fused-ring (bicyclic) bond motifs is 1. The minimum Gasteiger partial charge on any atom is -0.343 e. The molecule has 5 rings (SSSR count). The van der Waals surface area contributed by atoms with Gasteiger partial charge in [0.1, 0.15) is 11.6 Å². The molecule has 0 radical (unpaired) electrons. The highest BCUT2D eigenvalue weighted by Gasteiger charge is 2.26. The van der Waals surface area contributed by atoms with Gasteiger partial charge in [0.25, 0.3) is 11.8 Å². The fourth-order valence-corrected chi connectivity index (χ4v) is 4.63. The molecule has 1 N–H and O–H groups in total. The second kappa shape index (κ2) is 9.71. The number of halogens is 2. The molecule has 0 saturated heterocycles. The van der Waals surface area contributed by atoms with Gasteiger partial charge in [-0.05, 0) is 53.6 Å². The maximum atomic E-state index is 13.3. The zero-order valence-electron chi connectivity index (χ0n) is 18.4. The summed E-state index contributed by atoms with van der Waals surface area (Å²) in [6.07, 6.45) is 1.96. The van der Waals surface area contributed by atoms with Crippen molar-refractivity contribution in [1.82, 2.24) is 9.58 Å². The number of nitrogens with zero attached hydrogens (tertiary/aromatic N) is 3. The van der Waals surface area contributed by atoms with Crippen molar-refractivity contribution in [3.8, 4) is 0 Å². The number of hydrogen-bond donors (Lipinski definition) is 1. The van der Waals surface area contributed by atoms with Crippen LogP contribution in [-0.2, 0) is 22.7 Å². The number of hydrazone groups is 1. The summed E-state index contributed by atoms with van der Waals surface area (Å²) in [6, 6.07) is 19.6. The van der Waals surface area contributed by atoms with E-state index in [1.165, 1.54) is 41.4 Å². The second-order valence-corrected chi connectivity index (χ2v) is 9.00. The lowest BCUT2D eigenvalue weighted by Crippen LogP contribution is -2.35. The Morgan fingerprint density at radius 3 is 2.37 bits per heavy atom. The van der Waals surface area contributed by atoms with E-state index >= 15 is 0 Å². The first-order valence-electron chi connectivity index (χ1n) is 10.9. The number of amides is 2. The molecule has 0 aliphatic carbocycles. The summed E-state index contributed by atoms with van der Waals surface area (Å²) in [4.78, 5) is 25.3. The maximum absolute atomic E-state index is 13.3. The van der Waals surface area contributed by atoms with Gasteiger partial charge in [0.2, 0.25) is 0 Å². The zero-order valence-corrected chi connectivity index (χ0v) is 19.3. The van der Waals surface area contributed by atoms with Crippen molar-refractivity contribution in [3.05, 3.63) is 102 Å². The largest absolute Gasteiger partial charge is 0.343 e. The number of carbonyl (C=O) groups excluding carboxylic acids is 2. The molecule has 1 aromatic heterocycles. The smallest absolute Gasteiger partial charge is 0.282 e. The van der Waals surface area contributed by atoms with E-state index < -0.39 is 11.7 Å². The fraction of sp³-hybridized carbons (Fsp3) is 0.115. The average Bonchev–Trinajstić information content (AvgIpc) is 3.20. The fourth-order valence-electron chi connectivity index (χ4n) is 3.88. The molecule has 1 aliphatic heterocycles. The molecule has 0 bridgehead atoms. The summed E-state index contributed by atoms with van der Waals surface area (Å²) in [5.41, 5.74) is 3.24. The highest BCUT2D eigenvalue weighted by Crippen LogP contribution is 2.26. The molecular formula is C26H20F2N4O2S. The lowest BCUT2D eigenvalue weighted by molar-refractivity contribution is -0.129. The summed E-state index contributed by atoms with van der Waals surface area (Å²) < 4.78 is 28.5.